The second-order valence-corrected chi connectivity index (χ2v) is 10.2. The number of sulfone groups is 1. The summed E-state index contributed by atoms with van der Waals surface area (Å²) in [6.45, 7) is 0.865. The van der Waals surface area contributed by atoms with E-state index in [1.807, 2.05) is 19.1 Å². The maximum absolute atomic E-state index is 13.4. The van der Waals surface area contributed by atoms with Crippen molar-refractivity contribution >= 4 is 26.4 Å². The number of nitrogens with one attached hydrogen (secondary N) is 1. The predicted molar refractivity (Wildman–Crippen MR) is 116 cm³/mol. The Morgan fingerprint density at radius 3 is 2.52 bits per heavy atom. The van der Waals surface area contributed by atoms with Crippen LogP contribution in [0.2, 0.25) is 0 Å². The molecule has 0 atom stereocenters. The smallest absolute Gasteiger partial charge is 0.382 e. The molecule has 0 saturated carbocycles. The molecule has 1 N–H and O–H groups in total. The Morgan fingerprint density at radius 2 is 1.90 bits per heavy atom. The summed E-state index contributed by atoms with van der Waals surface area (Å²) in [4.78, 5) is 4.34. The Hall–Kier alpha value is -2.55. The molecule has 0 unspecified atom stereocenters. The van der Waals surface area contributed by atoms with Crippen LogP contribution in [-0.2, 0) is 22.8 Å². The van der Waals surface area contributed by atoms with Gasteiger partial charge in [0.2, 0.25) is 0 Å². The highest BCUT2D eigenvalue weighted by molar-refractivity contribution is 7.91. The summed E-state index contributed by atoms with van der Waals surface area (Å²) < 4.78 is 64.9. The van der Waals surface area contributed by atoms with Crippen molar-refractivity contribution in [1.29, 1.82) is 0 Å². The summed E-state index contributed by atoms with van der Waals surface area (Å²) in [5, 5.41) is 4.04. The molecule has 0 bridgehead atoms. The molecule has 0 aliphatic carbocycles. The Morgan fingerprint density at radius 1 is 1.16 bits per heavy atom. The summed E-state index contributed by atoms with van der Waals surface area (Å²) >= 11 is 0. The van der Waals surface area contributed by atoms with E-state index in [0.29, 0.717) is 40.7 Å². The fourth-order valence-corrected chi connectivity index (χ4v) is 5.53. The zero-order chi connectivity index (χ0) is 22.2. The van der Waals surface area contributed by atoms with E-state index in [2.05, 4.69) is 10.3 Å². The number of rotatable bonds is 5. The summed E-state index contributed by atoms with van der Waals surface area (Å²) in [5.74, 6) is 0.243. The summed E-state index contributed by atoms with van der Waals surface area (Å²) in [6, 6.07) is 10.6. The lowest BCUT2D eigenvalue weighted by molar-refractivity contribution is -0.139. The van der Waals surface area contributed by atoms with Crippen molar-refractivity contribution < 1.29 is 21.6 Å². The number of hydrogen-bond donors (Lipinski definition) is 1. The van der Waals surface area contributed by atoms with Gasteiger partial charge in [0.15, 0.2) is 0 Å². The number of pyridine rings is 1. The van der Waals surface area contributed by atoms with E-state index >= 15 is 0 Å². The lowest BCUT2D eigenvalue weighted by Gasteiger charge is -2.24. The standard InChI is InChI=1S/C22H24F3N3O2S/c1-2-16-7-6-15(13-26-16)21-12-18-19(27-17-8-10-31(29,30)11-9-17)4-3-5-20(18)28(21)14-22(23,24)25/h3-7,12-13,17,27H,2,8-11,14H2,1H3. The summed E-state index contributed by atoms with van der Waals surface area (Å²) in [7, 11) is -2.99. The number of halogens is 3. The molecule has 5 nitrogen and oxygen atoms in total. The number of anilines is 1. The van der Waals surface area contributed by atoms with Crippen LogP contribution in [0.1, 0.15) is 25.5 Å². The normalized spacial score (nSPS) is 17.2. The van der Waals surface area contributed by atoms with Crippen molar-refractivity contribution in [3.8, 4) is 11.3 Å². The van der Waals surface area contributed by atoms with E-state index in [9.17, 15) is 21.6 Å². The molecule has 1 aromatic carbocycles. The van der Waals surface area contributed by atoms with Gasteiger partial charge in [0.05, 0.1) is 22.7 Å². The van der Waals surface area contributed by atoms with Crippen LogP contribution in [0, 0.1) is 0 Å². The minimum Gasteiger partial charge on any atom is -0.382 e. The van der Waals surface area contributed by atoms with Crippen LogP contribution in [0.3, 0.4) is 0 Å². The Balaban J connectivity index is 1.76. The maximum atomic E-state index is 13.4. The second kappa shape index (κ2) is 8.18. The van der Waals surface area contributed by atoms with Crippen LogP contribution in [0.25, 0.3) is 22.2 Å². The first kappa shape index (κ1) is 21.7. The van der Waals surface area contributed by atoms with Gasteiger partial charge >= 0.3 is 6.18 Å². The molecular formula is C22H24F3N3O2S. The number of aryl methyl sites for hydroxylation is 1. The molecule has 2 aromatic heterocycles. The van der Waals surface area contributed by atoms with E-state index in [4.69, 9.17) is 0 Å². The Bertz CT molecular complexity index is 1170. The minimum atomic E-state index is -4.38. The first-order valence-electron chi connectivity index (χ1n) is 10.3. The second-order valence-electron chi connectivity index (χ2n) is 7.93. The van der Waals surface area contributed by atoms with Gasteiger partial charge in [-0.2, -0.15) is 13.2 Å². The SMILES string of the molecule is CCc1ccc(-c2cc3c(NC4CCS(=O)(=O)CC4)cccc3n2CC(F)(F)F)cn1. The van der Waals surface area contributed by atoms with Gasteiger partial charge in [-0.05, 0) is 49.6 Å². The molecule has 31 heavy (non-hydrogen) atoms. The molecule has 0 spiro atoms. The van der Waals surface area contributed by atoms with Gasteiger partial charge in [0.25, 0.3) is 0 Å². The van der Waals surface area contributed by atoms with Crippen molar-refractivity contribution in [3.05, 3.63) is 48.3 Å². The topological polar surface area (TPSA) is 64.0 Å². The molecule has 1 aliphatic rings. The zero-order valence-corrected chi connectivity index (χ0v) is 17.9. The van der Waals surface area contributed by atoms with Crippen LogP contribution < -0.4 is 5.32 Å². The molecule has 0 radical (unpaired) electrons. The van der Waals surface area contributed by atoms with Crippen molar-refractivity contribution in [2.24, 2.45) is 0 Å². The van der Waals surface area contributed by atoms with Crippen LogP contribution in [0.15, 0.2) is 42.6 Å². The molecule has 4 rings (SSSR count). The third kappa shape index (κ3) is 4.87. The van der Waals surface area contributed by atoms with E-state index in [-0.39, 0.29) is 17.5 Å². The molecule has 1 fully saturated rings. The Labute approximate surface area is 179 Å². The van der Waals surface area contributed by atoms with Gasteiger partial charge in [0.1, 0.15) is 16.4 Å². The highest BCUT2D eigenvalue weighted by atomic mass is 32.2. The molecule has 0 amide bonds. The highest BCUT2D eigenvalue weighted by Crippen LogP contribution is 2.35. The number of nitrogens with zero attached hydrogens (tertiary/aromatic N) is 2. The predicted octanol–water partition coefficient (Wildman–Crippen LogP) is 4.82. The highest BCUT2D eigenvalue weighted by Gasteiger charge is 2.31. The van der Waals surface area contributed by atoms with Crippen molar-refractivity contribution in [2.75, 3.05) is 16.8 Å². The summed E-state index contributed by atoms with van der Waals surface area (Å²) in [5.41, 5.74) is 3.12. The van der Waals surface area contributed by atoms with E-state index in [1.165, 1.54) is 4.57 Å². The van der Waals surface area contributed by atoms with Gasteiger partial charge in [-0.25, -0.2) is 8.42 Å². The minimum absolute atomic E-state index is 0.0333. The third-order valence-corrected chi connectivity index (χ3v) is 7.40. The van der Waals surface area contributed by atoms with Crippen LogP contribution >= 0.6 is 0 Å². The molecule has 9 heteroatoms. The number of hydrogen-bond acceptors (Lipinski definition) is 4. The zero-order valence-electron chi connectivity index (χ0n) is 17.1. The number of benzene rings is 1. The lowest BCUT2D eigenvalue weighted by Crippen LogP contribution is -2.32. The van der Waals surface area contributed by atoms with E-state index in [1.54, 1.807) is 30.5 Å². The number of aromatic nitrogens is 2. The van der Waals surface area contributed by atoms with Gasteiger partial charge in [-0.3, -0.25) is 4.98 Å². The fourth-order valence-electron chi connectivity index (χ4n) is 4.04. The summed E-state index contributed by atoms with van der Waals surface area (Å²) in [6.07, 6.45) is -1.05. The largest absolute Gasteiger partial charge is 0.406 e. The van der Waals surface area contributed by atoms with Crippen LogP contribution in [-0.4, -0.2) is 41.7 Å². The van der Waals surface area contributed by atoms with Crippen LogP contribution in [0.5, 0.6) is 0 Å². The van der Waals surface area contributed by atoms with Crippen molar-refractivity contribution in [2.45, 2.75) is 44.9 Å². The van der Waals surface area contributed by atoms with E-state index < -0.39 is 22.6 Å². The van der Waals surface area contributed by atoms with Crippen molar-refractivity contribution in [3.63, 3.8) is 0 Å². The molecule has 3 aromatic rings. The van der Waals surface area contributed by atoms with Gasteiger partial charge in [-0.1, -0.05) is 13.0 Å². The van der Waals surface area contributed by atoms with Crippen LogP contribution in [0.4, 0.5) is 18.9 Å². The van der Waals surface area contributed by atoms with Gasteiger partial charge < -0.3 is 9.88 Å². The fraction of sp³-hybridized carbons (Fsp3) is 0.409. The molecule has 1 saturated heterocycles. The number of fused-ring (bicyclic) bond motifs is 1. The van der Waals surface area contributed by atoms with Gasteiger partial charge in [0, 0.05) is 34.6 Å². The third-order valence-electron chi connectivity index (χ3n) is 5.68. The van der Waals surface area contributed by atoms with E-state index in [0.717, 1.165) is 12.1 Å². The maximum Gasteiger partial charge on any atom is 0.406 e. The van der Waals surface area contributed by atoms with Gasteiger partial charge in [-0.15, -0.1) is 0 Å². The average Bonchev–Trinajstić information content (AvgIpc) is 3.07. The first-order chi connectivity index (χ1) is 14.6. The quantitative estimate of drug-likeness (QED) is 0.604. The lowest BCUT2D eigenvalue weighted by atomic mass is 10.1. The molecule has 166 valence electrons. The monoisotopic (exact) mass is 451 g/mol. The Kier molecular flexibility index (Phi) is 5.72. The molecular weight excluding hydrogens is 427 g/mol. The molecule has 3 heterocycles. The van der Waals surface area contributed by atoms with Crippen molar-refractivity contribution in [1.82, 2.24) is 9.55 Å². The average molecular weight is 452 g/mol. The molecule has 1 aliphatic heterocycles. The first-order valence-corrected chi connectivity index (χ1v) is 12.1. The number of alkyl halides is 3.